The van der Waals surface area contributed by atoms with Crippen LogP contribution in [0, 0.1) is 5.82 Å². The van der Waals surface area contributed by atoms with Gasteiger partial charge in [-0.1, -0.05) is 11.6 Å². The molecule has 0 aliphatic rings. The topological polar surface area (TPSA) is 66.5 Å². The molecule has 0 atom stereocenters. The molecule has 0 saturated carbocycles. The summed E-state index contributed by atoms with van der Waals surface area (Å²) in [7, 11) is 0. The first-order valence-corrected chi connectivity index (χ1v) is 6.87. The number of aromatic amines is 1. The van der Waals surface area contributed by atoms with Gasteiger partial charge in [0.05, 0.1) is 22.3 Å². The van der Waals surface area contributed by atoms with Gasteiger partial charge in [-0.2, -0.15) is 15.1 Å². The number of anilines is 2. The molecule has 0 amide bonds. The number of H-pyrrole nitrogens is 1. The van der Waals surface area contributed by atoms with E-state index >= 15 is 0 Å². The molecule has 102 valence electrons. The molecule has 0 spiro atoms. The lowest BCUT2D eigenvalue weighted by molar-refractivity contribution is 0.627. The molecule has 3 aromatic rings. The summed E-state index contributed by atoms with van der Waals surface area (Å²) in [6.45, 7) is 0. The van der Waals surface area contributed by atoms with E-state index in [1.165, 1.54) is 12.1 Å². The lowest BCUT2D eigenvalue weighted by atomic mass is 10.3. The number of nitrogens with zero attached hydrogens (tertiary/aromatic N) is 3. The zero-order chi connectivity index (χ0) is 14.3. The monoisotopic (exact) mass is 375 g/mol. The number of aromatic nitrogens is 4. The molecule has 0 unspecified atom stereocenters. The molecule has 2 N–H and O–H groups in total. The summed E-state index contributed by atoms with van der Waals surface area (Å²) in [5.74, 6) is -0.0236. The fourth-order valence-electron chi connectivity index (χ4n) is 1.68. The third-order valence-electron chi connectivity index (χ3n) is 2.53. The first-order chi connectivity index (χ1) is 9.54. The minimum Gasteiger partial charge on any atom is -0.337 e. The Labute approximate surface area is 130 Å². The van der Waals surface area contributed by atoms with Crippen LogP contribution < -0.4 is 5.32 Å². The van der Waals surface area contributed by atoms with Crippen molar-refractivity contribution in [3.63, 3.8) is 0 Å². The Bertz CT molecular complexity index is 784. The number of nitrogens with one attached hydrogen (secondary N) is 2. The summed E-state index contributed by atoms with van der Waals surface area (Å²) < 4.78 is 13.7. The number of fused-ring (bicyclic) bond motifs is 1. The smallest absolute Gasteiger partial charge is 0.226 e. The molecule has 0 fully saturated rings. The quantitative estimate of drug-likeness (QED) is 0.654. The summed E-state index contributed by atoms with van der Waals surface area (Å²) >= 11 is 15.1. The van der Waals surface area contributed by atoms with Crippen LogP contribution in [0.15, 0.2) is 22.8 Å². The van der Waals surface area contributed by atoms with Crippen molar-refractivity contribution in [2.24, 2.45) is 0 Å². The van der Waals surface area contributed by atoms with Crippen molar-refractivity contribution in [1.29, 1.82) is 0 Å². The van der Waals surface area contributed by atoms with E-state index in [1.807, 2.05) is 0 Å². The molecular weight excluding hydrogens is 372 g/mol. The van der Waals surface area contributed by atoms with Gasteiger partial charge < -0.3 is 5.32 Å². The Hall–Kier alpha value is -1.44. The maximum Gasteiger partial charge on any atom is 0.226 e. The molecule has 0 radical (unpaired) electrons. The fraction of sp³-hybridized carbons (Fsp3) is 0. The highest BCUT2D eigenvalue weighted by molar-refractivity contribution is 9.10. The van der Waals surface area contributed by atoms with Crippen LogP contribution in [0.3, 0.4) is 0 Å². The van der Waals surface area contributed by atoms with Crippen LogP contribution >= 0.6 is 39.1 Å². The molecule has 1 aromatic carbocycles. The summed E-state index contributed by atoms with van der Waals surface area (Å²) in [6.07, 6.45) is 1.55. The highest BCUT2D eigenvalue weighted by Crippen LogP contribution is 2.35. The van der Waals surface area contributed by atoms with Gasteiger partial charge in [0.2, 0.25) is 5.28 Å². The first kappa shape index (κ1) is 13.5. The molecule has 20 heavy (non-hydrogen) atoms. The van der Waals surface area contributed by atoms with Crippen molar-refractivity contribution in [3.8, 4) is 0 Å². The first-order valence-electron chi connectivity index (χ1n) is 5.33. The van der Waals surface area contributed by atoms with Gasteiger partial charge in [-0.05, 0) is 39.7 Å². The zero-order valence-electron chi connectivity index (χ0n) is 9.59. The Morgan fingerprint density at radius 3 is 2.80 bits per heavy atom. The molecule has 5 nitrogen and oxygen atoms in total. The summed E-state index contributed by atoms with van der Waals surface area (Å²) in [5.41, 5.74) is 0.965. The van der Waals surface area contributed by atoms with Crippen LogP contribution in [0.5, 0.6) is 0 Å². The summed E-state index contributed by atoms with van der Waals surface area (Å²) in [6, 6.07) is 2.49. The van der Waals surface area contributed by atoms with Crippen LogP contribution in [-0.4, -0.2) is 20.2 Å². The molecule has 0 aliphatic heterocycles. The molecule has 2 aromatic heterocycles. The molecule has 2 heterocycles. The second kappa shape index (κ2) is 5.16. The highest BCUT2D eigenvalue weighted by Gasteiger charge is 2.13. The van der Waals surface area contributed by atoms with E-state index in [-0.39, 0.29) is 10.3 Å². The molecule has 0 bridgehead atoms. The van der Waals surface area contributed by atoms with E-state index in [0.717, 1.165) is 0 Å². The van der Waals surface area contributed by atoms with Crippen molar-refractivity contribution < 1.29 is 4.39 Å². The number of hydrogen-bond acceptors (Lipinski definition) is 4. The SMILES string of the molecule is Fc1cc(Cl)c(Nc2nc(Cl)nc3[nH]ncc23)c(Br)c1. The number of rotatable bonds is 2. The van der Waals surface area contributed by atoms with Crippen LogP contribution in [-0.2, 0) is 0 Å². The average molecular weight is 377 g/mol. The lowest BCUT2D eigenvalue weighted by Crippen LogP contribution is -1.98. The third-order valence-corrected chi connectivity index (χ3v) is 3.63. The zero-order valence-corrected chi connectivity index (χ0v) is 12.7. The van der Waals surface area contributed by atoms with Crippen molar-refractivity contribution in [2.45, 2.75) is 0 Å². The van der Waals surface area contributed by atoms with Crippen LogP contribution in [0.4, 0.5) is 15.9 Å². The van der Waals surface area contributed by atoms with Crippen LogP contribution in [0.1, 0.15) is 0 Å². The minimum atomic E-state index is -0.443. The van der Waals surface area contributed by atoms with Crippen molar-refractivity contribution in [1.82, 2.24) is 20.2 Å². The van der Waals surface area contributed by atoms with Crippen molar-refractivity contribution in [3.05, 3.63) is 38.9 Å². The normalized spacial score (nSPS) is 11.0. The highest BCUT2D eigenvalue weighted by atomic mass is 79.9. The Morgan fingerprint density at radius 2 is 2.05 bits per heavy atom. The average Bonchev–Trinajstić information content (AvgIpc) is 2.81. The Morgan fingerprint density at radius 1 is 1.25 bits per heavy atom. The molecule has 9 heteroatoms. The second-order valence-electron chi connectivity index (χ2n) is 3.84. The summed E-state index contributed by atoms with van der Waals surface area (Å²) in [5, 5.41) is 10.5. The molecule has 3 rings (SSSR count). The standard InChI is InChI=1S/C11H5BrCl2FN5/c12-6-1-4(15)2-7(13)8(6)17-9-5-3-16-20-10(5)19-11(14)18-9/h1-3H,(H2,16,17,18,19,20). The van der Waals surface area contributed by atoms with E-state index in [0.29, 0.717) is 27.0 Å². The predicted octanol–water partition coefficient (Wildman–Crippen LogP) is 4.30. The molecule has 0 aliphatic carbocycles. The molecular formula is C11H5BrCl2FN5. The second-order valence-corrected chi connectivity index (χ2v) is 5.44. The van der Waals surface area contributed by atoms with Crippen LogP contribution in [0.25, 0.3) is 11.0 Å². The maximum atomic E-state index is 13.2. The molecule has 0 saturated heterocycles. The van der Waals surface area contributed by atoms with Gasteiger partial charge >= 0.3 is 0 Å². The number of halogens is 4. The van der Waals surface area contributed by atoms with Gasteiger partial charge in [0.15, 0.2) is 5.65 Å². The van der Waals surface area contributed by atoms with Gasteiger partial charge in [-0.3, -0.25) is 5.10 Å². The van der Waals surface area contributed by atoms with Gasteiger partial charge in [-0.15, -0.1) is 0 Å². The third kappa shape index (κ3) is 2.44. The largest absolute Gasteiger partial charge is 0.337 e. The van der Waals surface area contributed by atoms with Crippen molar-refractivity contribution >= 4 is 61.7 Å². The van der Waals surface area contributed by atoms with E-state index in [4.69, 9.17) is 23.2 Å². The predicted molar refractivity (Wildman–Crippen MR) is 79.1 cm³/mol. The Kier molecular flexibility index (Phi) is 3.49. The minimum absolute atomic E-state index is 0.0543. The van der Waals surface area contributed by atoms with E-state index in [9.17, 15) is 4.39 Å². The van der Waals surface area contributed by atoms with E-state index in [2.05, 4.69) is 41.4 Å². The Balaban J connectivity index is 2.12. The van der Waals surface area contributed by atoms with E-state index < -0.39 is 5.82 Å². The van der Waals surface area contributed by atoms with E-state index in [1.54, 1.807) is 6.20 Å². The number of hydrogen-bond donors (Lipinski definition) is 2. The lowest BCUT2D eigenvalue weighted by Gasteiger charge is -2.10. The maximum absolute atomic E-state index is 13.2. The fourth-order valence-corrected chi connectivity index (χ4v) is 2.75. The van der Waals surface area contributed by atoms with Crippen molar-refractivity contribution in [2.75, 3.05) is 5.32 Å². The van der Waals surface area contributed by atoms with Gasteiger partial charge in [-0.25, -0.2) is 4.39 Å². The van der Waals surface area contributed by atoms with Crippen LogP contribution in [0.2, 0.25) is 10.3 Å². The van der Waals surface area contributed by atoms with Gasteiger partial charge in [0.1, 0.15) is 11.6 Å². The van der Waals surface area contributed by atoms with Gasteiger partial charge in [0, 0.05) is 4.47 Å². The number of benzene rings is 1. The van der Waals surface area contributed by atoms with Gasteiger partial charge in [0.25, 0.3) is 0 Å². The summed E-state index contributed by atoms with van der Waals surface area (Å²) in [4.78, 5) is 8.07.